The first-order valence-electron chi connectivity index (χ1n) is 12.1. The lowest BCUT2D eigenvalue weighted by molar-refractivity contribution is 0.0893. The van der Waals surface area contributed by atoms with Crippen molar-refractivity contribution in [2.75, 3.05) is 38.5 Å². The second-order valence-corrected chi connectivity index (χ2v) is 9.54. The van der Waals surface area contributed by atoms with Gasteiger partial charge in [0.25, 0.3) is 0 Å². The third kappa shape index (κ3) is 4.18. The zero-order chi connectivity index (χ0) is 22.2. The van der Waals surface area contributed by atoms with Crippen molar-refractivity contribution in [2.24, 2.45) is 0 Å². The van der Waals surface area contributed by atoms with Crippen LogP contribution in [0.5, 0.6) is 0 Å². The number of benzene rings is 1. The van der Waals surface area contributed by atoms with Crippen molar-refractivity contribution >= 4 is 22.4 Å². The molecule has 7 heteroatoms. The highest BCUT2D eigenvalue weighted by molar-refractivity contribution is 5.88. The number of nitrogens with zero attached hydrogens (tertiary/aromatic N) is 6. The zero-order valence-corrected chi connectivity index (χ0v) is 19.2. The summed E-state index contributed by atoms with van der Waals surface area (Å²) in [6.45, 7) is 4.81. The molecule has 1 aliphatic carbocycles. The van der Waals surface area contributed by atoms with E-state index in [4.69, 9.17) is 5.10 Å². The summed E-state index contributed by atoms with van der Waals surface area (Å²) >= 11 is 0. The van der Waals surface area contributed by atoms with Crippen LogP contribution in [-0.4, -0.2) is 74.7 Å². The Morgan fingerprint density at radius 2 is 1.79 bits per heavy atom. The van der Waals surface area contributed by atoms with Crippen LogP contribution >= 0.6 is 0 Å². The van der Waals surface area contributed by atoms with Crippen LogP contribution in [0.4, 0.5) is 5.95 Å². The molecule has 7 nitrogen and oxygen atoms in total. The van der Waals surface area contributed by atoms with E-state index in [1.807, 2.05) is 29.2 Å². The molecule has 0 spiro atoms. The molecule has 1 aliphatic heterocycles. The summed E-state index contributed by atoms with van der Waals surface area (Å²) in [5.74, 6) is 0.718. The quantitative estimate of drug-likeness (QED) is 0.518. The van der Waals surface area contributed by atoms with Gasteiger partial charge in [-0.25, -0.2) is 9.50 Å². The number of rotatable bonds is 4. The molecule has 170 valence electrons. The molecule has 0 unspecified atom stereocenters. The predicted octanol–water partition coefficient (Wildman–Crippen LogP) is 3.92. The largest absolute Gasteiger partial charge is 0.350 e. The Morgan fingerprint density at radius 1 is 0.939 bits per heavy atom. The number of hydrogen-bond donors (Lipinski definition) is 1. The Bertz CT molecular complexity index is 1250. The van der Waals surface area contributed by atoms with Crippen LogP contribution in [0.25, 0.3) is 27.5 Å². The van der Waals surface area contributed by atoms with E-state index in [0.717, 1.165) is 39.5 Å². The SMILES string of the molecule is CN1CCN(C2CCC(Nc3ncc4c(-c5ccc6ncccc6c5)ccn4n3)CC2)CC1. The first kappa shape index (κ1) is 20.6. The van der Waals surface area contributed by atoms with Crippen molar-refractivity contribution in [3.8, 4) is 11.1 Å². The van der Waals surface area contributed by atoms with Gasteiger partial charge >= 0.3 is 0 Å². The highest BCUT2D eigenvalue weighted by Crippen LogP contribution is 2.29. The summed E-state index contributed by atoms with van der Waals surface area (Å²) < 4.78 is 1.94. The zero-order valence-electron chi connectivity index (χ0n) is 19.2. The number of anilines is 1. The average molecular weight is 442 g/mol. The maximum Gasteiger partial charge on any atom is 0.241 e. The number of piperazine rings is 1. The molecule has 0 amide bonds. The van der Waals surface area contributed by atoms with E-state index in [-0.39, 0.29) is 0 Å². The Kier molecular flexibility index (Phi) is 5.44. The molecule has 0 bridgehead atoms. The minimum absolute atomic E-state index is 0.453. The van der Waals surface area contributed by atoms with Crippen molar-refractivity contribution < 1.29 is 0 Å². The summed E-state index contributed by atoms with van der Waals surface area (Å²) in [4.78, 5) is 14.2. The standard InChI is InChI=1S/C26H31N7/c1-31-13-15-32(16-14-31)22-7-5-21(6-8-22)29-26-28-18-25-23(10-12-33(25)30-26)19-4-9-24-20(17-19)3-2-11-27-24/h2-4,9-12,17-18,21-22H,5-8,13-16H2,1H3,(H,29,30). The van der Waals surface area contributed by atoms with Crippen molar-refractivity contribution in [1.29, 1.82) is 0 Å². The number of likely N-dealkylation sites (N-methyl/N-ethyl adjacent to an activating group) is 1. The lowest BCUT2D eigenvalue weighted by atomic mass is 9.90. The predicted molar refractivity (Wildman–Crippen MR) is 132 cm³/mol. The molecule has 1 saturated carbocycles. The molecule has 4 aromatic rings. The van der Waals surface area contributed by atoms with Gasteiger partial charge in [-0.1, -0.05) is 12.1 Å². The molecule has 1 aromatic carbocycles. The van der Waals surface area contributed by atoms with Gasteiger partial charge in [-0.05, 0) is 62.6 Å². The lowest BCUT2D eigenvalue weighted by Gasteiger charge is -2.41. The van der Waals surface area contributed by atoms with E-state index in [0.29, 0.717) is 6.04 Å². The van der Waals surface area contributed by atoms with Gasteiger partial charge in [-0.2, -0.15) is 0 Å². The molecule has 1 N–H and O–H groups in total. The van der Waals surface area contributed by atoms with E-state index in [1.165, 1.54) is 51.9 Å². The smallest absolute Gasteiger partial charge is 0.241 e. The maximum absolute atomic E-state index is 4.76. The van der Waals surface area contributed by atoms with Crippen LogP contribution in [-0.2, 0) is 0 Å². The van der Waals surface area contributed by atoms with Crippen LogP contribution < -0.4 is 5.32 Å². The Hall–Kier alpha value is -3.03. The van der Waals surface area contributed by atoms with Crippen molar-refractivity contribution in [3.63, 3.8) is 0 Å². The second kappa shape index (κ2) is 8.72. The van der Waals surface area contributed by atoms with Crippen LogP contribution in [0.15, 0.2) is 55.0 Å². The highest BCUT2D eigenvalue weighted by Gasteiger charge is 2.28. The number of fused-ring (bicyclic) bond motifs is 2. The fourth-order valence-electron chi connectivity index (χ4n) is 5.41. The van der Waals surface area contributed by atoms with Gasteiger partial charge < -0.3 is 10.2 Å². The molecule has 2 fully saturated rings. The van der Waals surface area contributed by atoms with E-state index in [9.17, 15) is 0 Å². The summed E-state index contributed by atoms with van der Waals surface area (Å²) in [6.07, 6.45) is 10.7. The molecule has 33 heavy (non-hydrogen) atoms. The van der Waals surface area contributed by atoms with Gasteiger partial charge in [-0.15, -0.1) is 5.10 Å². The van der Waals surface area contributed by atoms with Gasteiger partial charge in [0.2, 0.25) is 5.95 Å². The molecular formula is C26H31N7. The fraction of sp³-hybridized carbons (Fsp3) is 0.423. The van der Waals surface area contributed by atoms with Gasteiger partial charge in [0.05, 0.1) is 17.2 Å². The topological polar surface area (TPSA) is 61.6 Å². The van der Waals surface area contributed by atoms with Gasteiger partial charge in [-0.3, -0.25) is 9.88 Å². The van der Waals surface area contributed by atoms with Crippen LogP contribution in [0.3, 0.4) is 0 Å². The van der Waals surface area contributed by atoms with Gasteiger partial charge in [0.1, 0.15) is 0 Å². The van der Waals surface area contributed by atoms with Gasteiger partial charge in [0.15, 0.2) is 0 Å². The summed E-state index contributed by atoms with van der Waals surface area (Å²) in [6, 6.07) is 13.8. The lowest BCUT2D eigenvalue weighted by Crippen LogP contribution is -2.50. The van der Waals surface area contributed by atoms with E-state index >= 15 is 0 Å². The van der Waals surface area contributed by atoms with Crippen molar-refractivity contribution in [1.82, 2.24) is 29.4 Å². The average Bonchev–Trinajstić information content (AvgIpc) is 3.28. The van der Waals surface area contributed by atoms with E-state index in [1.54, 1.807) is 0 Å². The summed E-state index contributed by atoms with van der Waals surface area (Å²) in [5, 5.41) is 9.50. The Balaban J connectivity index is 1.13. The first-order valence-corrected chi connectivity index (χ1v) is 12.1. The van der Waals surface area contributed by atoms with Crippen LogP contribution in [0.2, 0.25) is 0 Å². The van der Waals surface area contributed by atoms with Crippen molar-refractivity contribution in [3.05, 3.63) is 55.0 Å². The maximum atomic E-state index is 4.76. The first-order chi connectivity index (χ1) is 16.2. The fourth-order valence-corrected chi connectivity index (χ4v) is 5.41. The monoisotopic (exact) mass is 441 g/mol. The number of aromatic nitrogens is 4. The summed E-state index contributed by atoms with van der Waals surface area (Å²) in [5.41, 5.74) is 4.32. The molecule has 0 atom stereocenters. The minimum atomic E-state index is 0.453. The normalized spacial score (nSPS) is 22.7. The molecule has 4 heterocycles. The Labute approximate surface area is 194 Å². The molecule has 0 radical (unpaired) electrons. The summed E-state index contributed by atoms with van der Waals surface area (Å²) in [7, 11) is 2.22. The molecule has 2 aliphatic rings. The molecular weight excluding hydrogens is 410 g/mol. The number of pyridine rings is 1. The molecule has 6 rings (SSSR count). The highest BCUT2D eigenvalue weighted by atomic mass is 15.3. The van der Waals surface area contributed by atoms with Crippen LogP contribution in [0, 0.1) is 0 Å². The molecule has 3 aromatic heterocycles. The van der Waals surface area contributed by atoms with Crippen molar-refractivity contribution in [2.45, 2.75) is 37.8 Å². The molecule has 1 saturated heterocycles. The van der Waals surface area contributed by atoms with Gasteiger partial charge in [0, 0.05) is 61.6 Å². The van der Waals surface area contributed by atoms with Crippen LogP contribution in [0.1, 0.15) is 25.7 Å². The minimum Gasteiger partial charge on any atom is -0.350 e. The Morgan fingerprint density at radius 3 is 2.64 bits per heavy atom. The third-order valence-electron chi connectivity index (χ3n) is 7.41. The number of nitrogens with one attached hydrogen (secondary N) is 1. The van der Waals surface area contributed by atoms with E-state index in [2.05, 4.69) is 62.5 Å². The second-order valence-electron chi connectivity index (χ2n) is 9.54. The third-order valence-corrected chi connectivity index (χ3v) is 7.41. The number of hydrogen-bond acceptors (Lipinski definition) is 6. The van der Waals surface area contributed by atoms with E-state index < -0.39 is 0 Å².